The van der Waals surface area contributed by atoms with E-state index in [1.165, 1.54) is 6.42 Å². The van der Waals surface area contributed by atoms with Crippen LogP contribution >= 0.6 is 11.6 Å². The van der Waals surface area contributed by atoms with Gasteiger partial charge in [0.2, 0.25) is 0 Å². The SMILES string of the molecule is Clc1nn(C2CCCCO2)c2cccnc12. The summed E-state index contributed by atoms with van der Waals surface area (Å²) in [5, 5.41) is 4.76. The molecule has 1 atom stereocenters. The maximum absolute atomic E-state index is 6.05. The number of aromatic nitrogens is 3. The maximum atomic E-state index is 6.05. The third-order valence-corrected chi connectivity index (χ3v) is 3.11. The Kier molecular flexibility index (Phi) is 2.53. The summed E-state index contributed by atoms with van der Waals surface area (Å²) < 4.78 is 7.55. The van der Waals surface area contributed by atoms with Crippen LogP contribution < -0.4 is 0 Å². The van der Waals surface area contributed by atoms with Crippen LogP contribution in [0.5, 0.6) is 0 Å². The fourth-order valence-electron chi connectivity index (χ4n) is 2.07. The van der Waals surface area contributed by atoms with Gasteiger partial charge in [0.25, 0.3) is 0 Å². The van der Waals surface area contributed by atoms with Crippen LogP contribution in [0.3, 0.4) is 0 Å². The zero-order chi connectivity index (χ0) is 11.0. The topological polar surface area (TPSA) is 39.9 Å². The van der Waals surface area contributed by atoms with Crippen molar-refractivity contribution in [3.63, 3.8) is 0 Å². The van der Waals surface area contributed by atoms with Crippen molar-refractivity contribution < 1.29 is 4.74 Å². The number of rotatable bonds is 1. The summed E-state index contributed by atoms with van der Waals surface area (Å²) in [5.74, 6) is 0. The van der Waals surface area contributed by atoms with Gasteiger partial charge in [-0.25, -0.2) is 4.68 Å². The van der Waals surface area contributed by atoms with Crippen LogP contribution in [0.4, 0.5) is 0 Å². The monoisotopic (exact) mass is 237 g/mol. The van der Waals surface area contributed by atoms with Crippen LogP contribution in [0.2, 0.25) is 5.15 Å². The average Bonchev–Trinajstić information content (AvgIpc) is 2.69. The standard InChI is InChI=1S/C11H12ClN3O/c12-11-10-8(4-3-6-13-10)15(14-11)9-5-1-2-7-16-9/h3-4,6,9H,1-2,5,7H2. The van der Waals surface area contributed by atoms with Gasteiger partial charge in [-0.3, -0.25) is 4.98 Å². The van der Waals surface area contributed by atoms with Gasteiger partial charge >= 0.3 is 0 Å². The molecule has 84 valence electrons. The molecule has 3 heterocycles. The van der Waals surface area contributed by atoms with Crippen LogP contribution in [0.25, 0.3) is 11.0 Å². The van der Waals surface area contributed by atoms with Gasteiger partial charge in [0.05, 0.1) is 5.52 Å². The fraction of sp³-hybridized carbons (Fsp3) is 0.455. The van der Waals surface area contributed by atoms with Crippen molar-refractivity contribution in [2.75, 3.05) is 6.61 Å². The zero-order valence-electron chi connectivity index (χ0n) is 8.77. The molecule has 1 unspecified atom stereocenters. The van der Waals surface area contributed by atoms with E-state index in [4.69, 9.17) is 16.3 Å². The van der Waals surface area contributed by atoms with Crippen LogP contribution in [-0.4, -0.2) is 21.4 Å². The molecule has 0 radical (unpaired) electrons. The number of nitrogens with zero attached hydrogens (tertiary/aromatic N) is 3. The van der Waals surface area contributed by atoms with Crippen LogP contribution in [0, 0.1) is 0 Å². The molecule has 0 amide bonds. The summed E-state index contributed by atoms with van der Waals surface area (Å²) in [4.78, 5) is 4.23. The Balaban J connectivity index is 2.08. The Labute approximate surface area is 98.2 Å². The van der Waals surface area contributed by atoms with E-state index in [1.54, 1.807) is 6.20 Å². The highest BCUT2D eigenvalue weighted by Crippen LogP contribution is 2.28. The van der Waals surface area contributed by atoms with E-state index in [0.29, 0.717) is 5.15 Å². The molecule has 1 saturated heterocycles. The Hall–Kier alpha value is -1.13. The minimum Gasteiger partial charge on any atom is -0.356 e. The molecule has 1 fully saturated rings. The second-order valence-corrected chi connectivity index (χ2v) is 4.29. The number of halogens is 1. The van der Waals surface area contributed by atoms with Gasteiger partial charge in [0.1, 0.15) is 5.52 Å². The van der Waals surface area contributed by atoms with E-state index >= 15 is 0 Å². The van der Waals surface area contributed by atoms with Crippen LogP contribution in [-0.2, 0) is 4.74 Å². The number of fused-ring (bicyclic) bond motifs is 1. The molecule has 5 heteroatoms. The minimum atomic E-state index is 0.00736. The first kappa shape index (κ1) is 10.1. The summed E-state index contributed by atoms with van der Waals surface area (Å²) in [6.07, 6.45) is 5.02. The van der Waals surface area contributed by atoms with Crippen molar-refractivity contribution in [3.8, 4) is 0 Å². The minimum absolute atomic E-state index is 0.00736. The van der Waals surface area contributed by atoms with E-state index in [2.05, 4.69) is 10.1 Å². The molecular formula is C11H12ClN3O. The highest BCUT2D eigenvalue weighted by molar-refractivity contribution is 6.33. The van der Waals surface area contributed by atoms with Gasteiger partial charge in [-0.05, 0) is 31.4 Å². The van der Waals surface area contributed by atoms with E-state index in [-0.39, 0.29) is 6.23 Å². The van der Waals surface area contributed by atoms with Gasteiger partial charge in [-0.1, -0.05) is 11.6 Å². The van der Waals surface area contributed by atoms with E-state index in [1.807, 2.05) is 16.8 Å². The molecule has 0 N–H and O–H groups in total. The summed E-state index contributed by atoms with van der Waals surface area (Å²) >= 11 is 6.05. The normalized spacial score (nSPS) is 21.4. The van der Waals surface area contributed by atoms with Gasteiger partial charge < -0.3 is 4.74 Å². The first-order valence-corrected chi connectivity index (χ1v) is 5.84. The van der Waals surface area contributed by atoms with E-state index in [9.17, 15) is 0 Å². The molecule has 0 saturated carbocycles. The summed E-state index contributed by atoms with van der Waals surface area (Å²) in [7, 11) is 0. The molecule has 0 aliphatic carbocycles. The van der Waals surface area contributed by atoms with Crippen molar-refractivity contribution in [2.24, 2.45) is 0 Å². The van der Waals surface area contributed by atoms with Crippen LogP contribution in [0.15, 0.2) is 18.3 Å². The second-order valence-electron chi connectivity index (χ2n) is 3.93. The fourth-order valence-corrected chi connectivity index (χ4v) is 2.30. The Morgan fingerprint density at radius 2 is 2.38 bits per heavy atom. The van der Waals surface area contributed by atoms with Crippen molar-refractivity contribution in [1.29, 1.82) is 0 Å². The lowest BCUT2D eigenvalue weighted by Gasteiger charge is -2.23. The molecule has 3 rings (SSSR count). The van der Waals surface area contributed by atoms with Crippen LogP contribution in [0.1, 0.15) is 25.5 Å². The van der Waals surface area contributed by atoms with Gasteiger partial charge in [-0.15, -0.1) is 0 Å². The van der Waals surface area contributed by atoms with E-state index < -0.39 is 0 Å². The molecule has 2 aromatic rings. The third-order valence-electron chi connectivity index (χ3n) is 2.85. The number of hydrogen-bond acceptors (Lipinski definition) is 3. The highest BCUT2D eigenvalue weighted by Gasteiger charge is 2.20. The number of pyridine rings is 1. The molecule has 0 aromatic carbocycles. The predicted octanol–water partition coefficient (Wildman–Crippen LogP) is 2.78. The number of hydrogen-bond donors (Lipinski definition) is 0. The predicted molar refractivity (Wildman–Crippen MR) is 61.4 cm³/mol. The molecule has 0 spiro atoms. The lowest BCUT2D eigenvalue weighted by Crippen LogP contribution is -2.19. The first-order chi connectivity index (χ1) is 7.86. The third kappa shape index (κ3) is 1.58. The van der Waals surface area contributed by atoms with Crippen molar-refractivity contribution >= 4 is 22.6 Å². The van der Waals surface area contributed by atoms with E-state index in [0.717, 1.165) is 30.5 Å². The largest absolute Gasteiger partial charge is 0.356 e. The lowest BCUT2D eigenvalue weighted by atomic mass is 10.2. The number of ether oxygens (including phenoxy) is 1. The molecule has 2 aromatic heterocycles. The maximum Gasteiger partial charge on any atom is 0.177 e. The second kappa shape index (κ2) is 4.03. The smallest absolute Gasteiger partial charge is 0.177 e. The first-order valence-electron chi connectivity index (χ1n) is 5.46. The summed E-state index contributed by atoms with van der Waals surface area (Å²) in [6, 6.07) is 3.86. The van der Waals surface area contributed by atoms with Crippen molar-refractivity contribution in [1.82, 2.24) is 14.8 Å². The zero-order valence-corrected chi connectivity index (χ0v) is 9.52. The lowest BCUT2D eigenvalue weighted by molar-refractivity contribution is -0.0366. The van der Waals surface area contributed by atoms with Gasteiger partial charge in [-0.2, -0.15) is 5.10 Å². The molecule has 4 nitrogen and oxygen atoms in total. The quantitative estimate of drug-likeness (QED) is 0.766. The molecular weight excluding hydrogens is 226 g/mol. The molecule has 1 aliphatic rings. The van der Waals surface area contributed by atoms with Gasteiger partial charge in [0, 0.05) is 12.8 Å². The van der Waals surface area contributed by atoms with Crippen molar-refractivity contribution in [2.45, 2.75) is 25.5 Å². The highest BCUT2D eigenvalue weighted by atomic mass is 35.5. The van der Waals surface area contributed by atoms with Gasteiger partial charge in [0.15, 0.2) is 11.4 Å². The molecule has 0 bridgehead atoms. The summed E-state index contributed by atoms with van der Waals surface area (Å²) in [5.41, 5.74) is 1.69. The summed E-state index contributed by atoms with van der Waals surface area (Å²) in [6.45, 7) is 0.796. The Morgan fingerprint density at radius 1 is 1.44 bits per heavy atom. The van der Waals surface area contributed by atoms with Crippen molar-refractivity contribution in [3.05, 3.63) is 23.5 Å². The average molecular weight is 238 g/mol. The molecule has 1 aliphatic heterocycles. The Bertz CT molecular complexity index is 505. The Morgan fingerprint density at radius 3 is 3.19 bits per heavy atom. The molecule has 16 heavy (non-hydrogen) atoms.